The minimum atomic E-state index is -0.941. The molecule has 0 saturated carbocycles. The minimum absolute atomic E-state index is 0.173. The molecule has 6 heteroatoms. The molecular weight excluding hydrogens is 320 g/mol. The summed E-state index contributed by atoms with van der Waals surface area (Å²) < 4.78 is 5.18. The minimum Gasteiger partial charge on any atom is -0.449 e. The first-order valence-electron chi connectivity index (χ1n) is 7.81. The molecule has 25 heavy (non-hydrogen) atoms. The maximum Gasteiger partial charge on any atom is 0.338 e. The molecule has 0 heterocycles. The van der Waals surface area contributed by atoms with Crippen LogP contribution < -0.4 is 10.6 Å². The number of hydrogen-bond donors (Lipinski definition) is 2. The molecule has 130 valence electrons. The fourth-order valence-corrected chi connectivity index (χ4v) is 2.06. The Balaban J connectivity index is 1.92. The molecule has 2 N–H and O–H groups in total. The first kappa shape index (κ1) is 18.2. The summed E-state index contributed by atoms with van der Waals surface area (Å²) in [6, 6.07) is 13.6. The van der Waals surface area contributed by atoms with Crippen molar-refractivity contribution in [2.75, 3.05) is 10.6 Å². The lowest BCUT2D eigenvalue weighted by Crippen LogP contribution is -2.30. The summed E-state index contributed by atoms with van der Waals surface area (Å²) in [6.45, 7) is 4.84. The lowest BCUT2D eigenvalue weighted by molar-refractivity contribution is -0.123. The molecule has 0 spiro atoms. The molecule has 1 atom stereocenters. The van der Waals surface area contributed by atoms with E-state index in [0.717, 1.165) is 5.56 Å². The molecule has 0 unspecified atom stereocenters. The zero-order chi connectivity index (χ0) is 18.4. The summed E-state index contributed by atoms with van der Waals surface area (Å²) in [6.07, 6.45) is -0.941. The Morgan fingerprint density at radius 1 is 0.880 bits per heavy atom. The largest absolute Gasteiger partial charge is 0.449 e. The summed E-state index contributed by atoms with van der Waals surface area (Å²) in [5, 5.41) is 5.29. The topological polar surface area (TPSA) is 84.5 Å². The Morgan fingerprint density at radius 3 is 1.92 bits per heavy atom. The third kappa shape index (κ3) is 5.46. The molecule has 0 aromatic heterocycles. The second kappa shape index (κ2) is 8.10. The number of benzene rings is 2. The number of carbonyl (C=O) groups is 3. The lowest BCUT2D eigenvalue weighted by atomic mass is 10.1. The van der Waals surface area contributed by atoms with Gasteiger partial charge < -0.3 is 15.4 Å². The summed E-state index contributed by atoms with van der Waals surface area (Å²) in [7, 11) is 0. The van der Waals surface area contributed by atoms with Crippen molar-refractivity contribution in [2.24, 2.45) is 0 Å². The van der Waals surface area contributed by atoms with Gasteiger partial charge in [-0.25, -0.2) is 4.79 Å². The Morgan fingerprint density at radius 2 is 1.40 bits per heavy atom. The van der Waals surface area contributed by atoms with Crippen molar-refractivity contribution in [3.8, 4) is 0 Å². The lowest BCUT2D eigenvalue weighted by Gasteiger charge is -2.14. The fourth-order valence-electron chi connectivity index (χ4n) is 2.06. The number of esters is 1. The van der Waals surface area contributed by atoms with Crippen LogP contribution in [0, 0.1) is 6.92 Å². The molecule has 0 aliphatic heterocycles. The fraction of sp³-hybridized carbons (Fsp3) is 0.211. The van der Waals surface area contributed by atoms with Gasteiger partial charge in [0, 0.05) is 18.3 Å². The number of anilines is 2. The number of carbonyl (C=O) groups excluding carboxylic acids is 3. The van der Waals surface area contributed by atoms with Crippen molar-refractivity contribution in [1.29, 1.82) is 0 Å². The molecule has 2 aromatic rings. The third-order valence-corrected chi connectivity index (χ3v) is 3.41. The highest BCUT2D eigenvalue weighted by atomic mass is 16.5. The van der Waals surface area contributed by atoms with Gasteiger partial charge in [-0.3, -0.25) is 9.59 Å². The van der Waals surface area contributed by atoms with E-state index in [0.29, 0.717) is 16.9 Å². The van der Waals surface area contributed by atoms with Crippen LogP contribution >= 0.6 is 0 Å². The zero-order valence-corrected chi connectivity index (χ0v) is 14.3. The van der Waals surface area contributed by atoms with E-state index in [9.17, 15) is 14.4 Å². The second-order valence-electron chi connectivity index (χ2n) is 5.66. The van der Waals surface area contributed by atoms with Crippen LogP contribution in [0.15, 0.2) is 48.5 Å². The maximum absolute atomic E-state index is 12.1. The molecule has 2 aromatic carbocycles. The Bertz CT molecular complexity index is 767. The molecule has 0 fully saturated rings. The average Bonchev–Trinajstić information content (AvgIpc) is 2.56. The van der Waals surface area contributed by atoms with Gasteiger partial charge in [-0.05, 0) is 50.2 Å². The van der Waals surface area contributed by atoms with Crippen molar-refractivity contribution >= 4 is 29.2 Å². The third-order valence-electron chi connectivity index (χ3n) is 3.41. The van der Waals surface area contributed by atoms with Gasteiger partial charge in [-0.2, -0.15) is 0 Å². The van der Waals surface area contributed by atoms with Crippen LogP contribution in [0.2, 0.25) is 0 Å². The molecule has 6 nitrogen and oxygen atoms in total. The summed E-state index contributed by atoms with van der Waals surface area (Å²) in [5.74, 6) is -1.16. The van der Waals surface area contributed by atoms with Gasteiger partial charge in [-0.15, -0.1) is 0 Å². The van der Waals surface area contributed by atoms with Crippen molar-refractivity contribution in [1.82, 2.24) is 0 Å². The van der Waals surface area contributed by atoms with Gasteiger partial charge >= 0.3 is 5.97 Å². The van der Waals surface area contributed by atoms with E-state index in [-0.39, 0.29) is 5.91 Å². The average molecular weight is 340 g/mol. The van der Waals surface area contributed by atoms with E-state index in [1.807, 2.05) is 6.92 Å². The van der Waals surface area contributed by atoms with E-state index in [4.69, 9.17) is 4.74 Å². The van der Waals surface area contributed by atoms with Crippen molar-refractivity contribution in [3.63, 3.8) is 0 Å². The predicted molar refractivity (Wildman–Crippen MR) is 95.4 cm³/mol. The summed E-state index contributed by atoms with van der Waals surface area (Å²) in [5.41, 5.74) is 2.59. The van der Waals surface area contributed by atoms with Gasteiger partial charge in [0.25, 0.3) is 5.91 Å². The van der Waals surface area contributed by atoms with E-state index < -0.39 is 18.0 Å². The predicted octanol–water partition coefficient (Wildman–Crippen LogP) is 3.14. The Kier molecular flexibility index (Phi) is 5.89. The van der Waals surface area contributed by atoms with Crippen LogP contribution in [0.1, 0.15) is 29.8 Å². The van der Waals surface area contributed by atoms with Crippen molar-refractivity contribution in [2.45, 2.75) is 26.9 Å². The number of ether oxygens (including phenoxy) is 1. The first-order chi connectivity index (χ1) is 11.8. The highest BCUT2D eigenvalue weighted by Gasteiger charge is 2.19. The van der Waals surface area contributed by atoms with Crippen LogP contribution in [0.5, 0.6) is 0 Å². The summed E-state index contributed by atoms with van der Waals surface area (Å²) in [4.78, 5) is 35.1. The molecule has 2 rings (SSSR count). The van der Waals surface area contributed by atoms with Gasteiger partial charge in [0.15, 0.2) is 6.10 Å². The molecule has 0 aliphatic carbocycles. The van der Waals surface area contributed by atoms with Gasteiger partial charge in [0.05, 0.1) is 5.56 Å². The number of rotatable bonds is 5. The van der Waals surface area contributed by atoms with E-state index in [1.54, 1.807) is 48.5 Å². The van der Waals surface area contributed by atoms with Gasteiger partial charge in [0.1, 0.15) is 0 Å². The molecule has 0 bridgehead atoms. The Hall–Kier alpha value is -3.15. The van der Waals surface area contributed by atoms with Gasteiger partial charge in [-0.1, -0.05) is 17.7 Å². The van der Waals surface area contributed by atoms with E-state index in [1.165, 1.54) is 13.8 Å². The van der Waals surface area contributed by atoms with E-state index >= 15 is 0 Å². The quantitative estimate of drug-likeness (QED) is 0.819. The highest BCUT2D eigenvalue weighted by molar-refractivity contribution is 5.97. The van der Waals surface area contributed by atoms with Crippen molar-refractivity contribution in [3.05, 3.63) is 59.7 Å². The van der Waals surface area contributed by atoms with E-state index in [2.05, 4.69) is 10.6 Å². The standard InChI is InChI=1S/C19H20N2O4/c1-12-4-6-15(7-5-12)19(24)25-13(2)18(23)21-17-10-8-16(9-11-17)20-14(3)22/h4-11,13H,1-3H3,(H,20,22)(H,21,23)/t13-/m0/s1. The van der Waals surface area contributed by atoms with Crippen LogP contribution in [0.3, 0.4) is 0 Å². The molecule has 2 amide bonds. The Labute approximate surface area is 146 Å². The van der Waals surface area contributed by atoms with Gasteiger partial charge in [0.2, 0.25) is 5.91 Å². The van der Waals surface area contributed by atoms with Crippen LogP contribution in [0.4, 0.5) is 11.4 Å². The van der Waals surface area contributed by atoms with Crippen molar-refractivity contribution < 1.29 is 19.1 Å². The molecule has 0 saturated heterocycles. The summed E-state index contributed by atoms with van der Waals surface area (Å²) >= 11 is 0. The molecule has 0 aliphatic rings. The van der Waals surface area contributed by atoms with Crippen LogP contribution in [-0.2, 0) is 14.3 Å². The zero-order valence-electron chi connectivity index (χ0n) is 14.3. The molecule has 0 radical (unpaired) electrons. The van der Waals surface area contributed by atoms with Crippen LogP contribution in [0.25, 0.3) is 0 Å². The first-order valence-corrected chi connectivity index (χ1v) is 7.81. The molecular formula is C19H20N2O4. The second-order valence-corrected chi connectivity index (χ2v) is 5.66. The maximum atomic E-state index is 12.1. The van der Waals surface area contributed by atoms with Crippen LogP contribution in [-0.4, -0.2) is 23.9 Å². The smallest absolute Gasteiger partial charge is 0.338 e. The highest BCUT2D eigenvalue weighted by Crippen LogP contribution is 2.14. The SMILES string of the molecule is CC(=O)Nc1ccc(NC(=O)[C@H](C)OC(=O)c2ccc(C)cc2)cc1. The number of amides is 2. The number of hydrogen-bond acceptors (Lipinski definition) is 4. The normalized spacial score (nSPS) is 11.3. The number of aryl methyl sites for hydroxylation is 1. The number of nitrogens with one attached hydrogen (secondary N) is 2. The monoisotopic (exact) mass is 340 g/mol.